The molecule has 2 bridgehead atoms. The van der Waals surface area contributed by atoms with Crippen molar-refractivity contribution in [2.75, 3.05) is 11.5 Å². The van der Waals surface area contributed by atoms with Crippen molar-refractivity contribution in [1.82, 2.24) is 0 Å². The van der Waals surface area contributed by atoms with Gasteiger partial charge in [0.05, 0.1) is 23.1 Å². The van der Waals surface area contributed by atoms with Crippen molar-refractivity contribution >= 4 is 61.1 Å². The number of aryl methyl sites for hydroxylation is 2. The fourth-order valence-corrected chi connectivity index (χ4v) is 7.51. The van der Waals surface area contributed by atoms with Crippen LogP contribution < -0.4 is 4.90 Å². The highest BCUT2D eigenvalue weighted by Crippen LogP contribution is 2.60. The number of hydrogen-bond acceptors (Lipinski definition) is 5. The van der Waals surface area contributed by atoms with E-state index in [4.69, 9.17) is 4.74 Å². The Morgan fingerprint density at radius 1 is 0.941 bits per heavy atom. The second-order valence-electron chi connectivity index (χ2n) is 9.33. The number of benzene rings is 2. The van der Waals surface area contributed by atoms with Crippen molar-refractivity contribution in [3.63, 3.8) is 0 Å². The largest absolute Gasteiger partial charge is 0.454 e. The Hall–Kier alpha value is -2.32. The molecule has 6 nitrogen and oxygen atoms in total. The lowest BCUT2D eigenvalue weighted by Gasteiger charge is -2.28. The number of fused-ring (bicyclic) bond motifs is 5. The number of halogens is 2. The summed E-state index contributed by atoms with van der Waals surface area (Å²) in [5.41, 5.74) is 2.82. The molecule has 3 aliphatic rings. The van der Waals surface area contributed by atoms with E-state index in [1.165, 1.54) is 6.07 Å². The summed E-state index contributed by atoms with van der Waals surface area (Å²) < 4.78 is 5.32. The van der Waals surface area contributed by atoms with Crippen molar-refractivity contribution in [3.8, 4) is 0 Å². The minimum atomic E-state index is -0.745. The van der Waals surface area contributed by atoms with Crippen LogP contribution in [0.4, 0.5) is 5.69 Å². The van der Waals surface area contributed by atoms with Crippen LogP contribution >= 0.6 is 31.9 Å². The first-order valence-corrected chi connectivity index (χ1v) is 13.1. The van der Waals surface area contributed by atoms with E-state index in [9.17, 15) is 19.2 Å². The number of alkyl halides is 2. The predicted octanol–water partition coefficient (Wildman–Crippen LogP) is 4.63. The lowest BCUT2D eigenvalue weighted by Crippen LogP contribution is -2.37. The van der Waals surface area contributed by atoms with E-state index < -0.39 is 12.6 Å². The average molecular weight is 589 g/mol. The smallest absolute Gasteiger partial charge is 0.340 e. The second-order valence-corrected chi connectivity index (χ2v) is 11.4. The van der Waals surface area contributed by atoms with Crippen LogP contribution in [0.1, 0.15) is 38.3 Å². The summed E-state index contributed by atoms with van der Waals surface area (Å²) in [5, 5.41) is 0. The zero-order valence-electron chi connectivity index (χ0n) is 18.7. The normalized spacial score (nSPS) is 29.5. The van der Waals surface area contributed by atoms with E-state index in [1.807, 2.05) is 19.9 Å². The maximum absolute atomic E-state index is 13.4. The van der Waals surface area contributed by atoms with E-state index in [1.54, 1.807) is 30.3 Å². The number of ketones is 1. The number of nitrogens with zero attached hydrogens (tertiary/aromatic N) is 1. The summed E-state index contributed by atoms with van der Waals surface area (Å²) in [6, 6.07) is 11.7. The van der Waals surface area contributed by atoms with Crippen LogP contribution in [0.2, 0.25) is 0 Å². The first-order chi connectivity index (χ1) is 16.2. The highest BCUT2D eigenvalue weighted by atomic mass is 79.9. The van der Waals surface area contributed by atoms with Gasteiger partial charge < -0.3 is 4.74 Å². The Morgan fingerprint density at radius 3 is 2.18 bits per heavy atom. The second kappa shape index (κ2) is 8.72. The number of hydrogen-bond donors (Lipinski definition) is 0. The summed E-state index contributed by atoms with van der Waals surface area (Å²) in [4.78, 5) is 53.7. The molecule has 176 valence electrons. The van der Waals surface area contributed by atoms with Gasteiger partial charge in [0.2, 0.25) is 11.8 Å². The fourth-order valence-electron chi connectivity index (χ4n) is 5.63. The van der Waals surface area contributed by atoms with Crippen LogP contribution in [-0.2, 0) is 14.3 Å². The van der Waals surface area contributed by atoms with Gasteiger partial charge in [0.15, 0.2) is 12.4 Å². The van der Waals surface area contributed by atoms with Gasteiger partial charge in [-0.15, -0.1) is 0 Å². The number of imide groups is 1. The summed E-state index contributed by atoms with van der Waals surface area (Å²) in [7, 11) is 0. The number of esters is 1. The molecule has 0 radical (unpaired) electrons. The fraction of sp³-hybridized carbons (Fsp3) is 0.385. The molecule has 2 aromatic rings. The van der Waals surface area contributed by atoms with Gasteiger partial charge in [-0.25, -0.2) is 9.69 Å². The van der Waals surface area contributed by atoms with Gasteiger partial charge in [-0.2, -0.15) is 0 Å². The molecule has 2 aliphatic carbocycles. The first kappa shape index (κ1) is 23.4. The molecule has 2 aromatic carbocycles. The zero-order chi connectivity index (χ0) is 24.3. The molecule has 0 spiro atoms. The average Bonchev–Trinajstić information content (AvgIpc) is 3.43. The van der Waals surface area contributed by atoms with E-state index in [0.717, 1.165) is 22.4 Å². The molecule has 5 rings (SSSR count). The van der Waals surface area contributed by atoms with Crippen molar-refractivity contribution < 1.29 is 23.9 Å². The van der Waals surface area contributed by atoms with Gasteiger partial charge in [0.1, 0.15) is 0 Å². The van der Waals surface area contributed by atoms with Gasteiger partial charge in [0.25, 0.3) is 0 Å². The molecule has 8 heteroatoms. The van der Waals surface area contributed by atoms with Gasteiger partial charge in [0, 0.05) is 15.2 Å². The molecule has 0 N–H and O–H groups in total. The van der Waals surface area contributed by atoms with Gasteiger partial charge in [-0.3, -0.25) is 14.4 Å². The molecule has 2 saturated carbocycles. The number of anilines is 1. The molecule has 0 unspecified atom stereocenters. The Bertz CT molecular complexity index is 1200. The number of amides is 2. The van der Waals surface area contributed by atoms with Gasteiger partial charge in [-0.1, -0.05) is 56.1 Å². The first-order valence-electron chi connectivity index (χ1n) is 11.2. The van der Waals surface area contributed by atoms with Crippen LogP contribution in [0.15, 0.2) is 42.5 Å². The number of para-hydroxylation sites is 1. The predicted molar refractivity (Wildman–Crippen MR) is 133 cm³/mol. The van der Waals surface area contributed by atoms with E-state index in [2.05, 4.69) is 31.9 Å². The lowest BCUT2D eigenvalue weighted by molar-refractivity contribution is -0.123. The summed E-state index contributed by atoms with van der Waals surface area (Å²) in [6.07, 6.45) is 0.830. The SMILES string of the molecule is Cc1ccc(C(=O)COC(=O)c2ccccc2N2C(=O)[C@@H]3[C@@H]4C[C@H]([C@H](Br)[C@@H]4Br)[C@@H]3C2=O)cc1C. The van der Waals surface area contributed by atoms with Crippen LogP contribution in [0.25, 0.3) is 0 Å². The van der Waals surface area contributed by atoms with Crippen LogP contribution in [0.3, 0.4) is 0 Å². The maximum Gasteiger partial charge on any atom is 0.340 e. The zero-order valence-corrected chi connectivity index (χ0v) is 21.8. The Morgan fingerprint density at radius 2 is 1.56 bits per heavy atom. The third kappa shape index (κ3) is 3.57. The molecule has 34 heavy (non-hydrogen) atoms. The molecule has 2 amide bonds. The molecule has 1 saturated heterocycles. The van der Waals surface area contributed by atoms with Gasteiger partial charge in [-0.05, 0) is 61.4 Å². The number of carbonyl (C=O) groups is 4. The monoisotopic (exact) mass is 587 g/mol. The summed E-state index contributed by atoms with van der Waals surface area (Å²) in [6.45, 7) is 3.44. The minimum absolute atomic E-state index is 0.0792. The van der Waals surface area contributed by atoms with Crippen molar-refractivity contribution in [3.05, 3.63) is 64.7 Å². The molecule has 0 aromatic heterocycles. The Balaban J connectivity index is 1.36. The van der Waals surface area contributed by atoms with Crippen LogP contribution in [0.5, 0.6) is 0 Å². The quantitative estimate of drug-likeness (QED) is 0.220. The molecular weight excluding hydrogens is 566 g/mol. The third-order valence-corrected chi connectivity index (χ3v) is 10.7. The standard InChI is InChI=1S/C26H23Br2NO5/c1-12-7-8-14(9-13(12)2)19(30)11-34-26(33)15-5-3-4-6-18(15)29-24(31)20-16-10-17(21(20)25(29)32)23(28)22(16)27/h3-9,16-17,20-23H,10-11H2,1-2H3/t16-,17-,20-,21+,22-,23+/m0/s1. The number of carbonyl (C=O) groups excluding carboxylic acids is 4. The van der Waals surface area contributed by atoms with Crippen LogP contribution in [0, 0.1) is 37.5 Å². The molecular formula is C26H23Br2NO5. The number of ether oxygens (including phenoxy) is 1. The Labute approximate surface area is 214 Å². The van der Waals surface area contributed by atoms with Crippen molar-refractivity contribution in [2.24, 2.45) is 23.7 Å². The summed E-state index contributed by atoms with van der Waals surface area (Å²) in [5.74, 6) is -2.20. The molecule has 1 aliphatic heterocycles. The van der Waals surface area contributed by atoms with E-state index >= 15 is 0 Å². The van der Waals surface area contributed by atoms with Crippen molar-refractivity contribution in [2.45, 2.75) is 29.9 Å². The van der Waals surface area contributed by atoms with Crippen LogP contribution in [-0.4, -0.2) is 39.8 Å². The van der Waals surface area contributed by atoms with E-state index in [-0.39, 0.29) is 62.2 Å². The topological polar surface area (TPSA) is 80.8 Å². The highest BCUT2D eigenvalue weighted by Gasteiger charge is 2.66. The Kier molecular flexibility index (Phi) is 6.01. The van der Waals surface area contributed by atoms with Crippen molar-refractivity contribution in [1.29, 1.82) is 0 Å². The number of Topliss-reactive ketones (excluding diaryl/α,β-unsaturated/α-hetero) is 1. The molecule has 1 heterocycles. The minimum Gasteiger partial charge on any atom is -0.454 e. The molecule has 6 atom stereocenters. The maximum atomic E-state index is 13.4. The number of rotatable bonds is 5. The third-order valence-electron chi connectivity index (χ3n) is 7.52. The van der Waals surface area contributed by atoms with E-state index in [0.29, 0.717) is 5.56 Å². The lowest BCUT2D eigenvalue weighted by atomic mass is 9.81. The van der Waals surface area contributed by atoms with Gasteiger partial charge >= 0.3 is 5.97 Å². The highest BCUT2D eigenvalue weighted by molar-refractivity contribution is 9.12. The summed E-state index contributed by atoms with van der Waals surface area (Å²) >= 11 is 7.37. The molecule has 3 fully saturated rings.